The standard InChI is InChI=1S/C16H19NO3/c1-13-12-14(6-7-15(13)18)4-2-3-5-16(19)17-8-10-20-11-9-17/h2-7,12,18H,8-11H2,1H3/b4-2+,5-3+. The van der Waals surface area contributed by atoms with Crippen molar-refractivity contribution in [2.75, 3.05) is 26.3 Å². The third-order valence-electron chi connectivity index (χ3n) is 3.18. The average molecular weight is 273 g/mol. The zero-order valence-electron chi connectivity index (χ0n) is 11.6. The lowest BCUT2D eigenvalue weighted by Crippen LogP contribution is -2.39. The van der Waals surface area contributed by atoms with Crippen molar-refractivity contribution in [1.29, 1.82) is 0 Å². The summed E-state index contributed by atoms with van der Waals surface area (Å²) in [5.41, 5.74) is 1.82. The molecule has 0 atom stereocenters. The van der Waals surface area contributed by atoms with Crippen LogP contribution in [-0.4, -0.2) is 42.2 Å². The SMILES string of the molecule is Cc1cc(/C=C/C=C/C(=O)N2CCOCC2)ccc1O. The van der Waals surface area contributed by atoms with E-state index in [-0.39, 0.29) is 5.91 Å². The molecule has 1 fully saturated rings. The van der Waals surface area contributed by atoms with E-state index in [1.807, 2.05) is 31.2 Å². The molecule has 1 saturated heterocycles. The highest BCUT2D eigenvalue weighted by molar-refractivity contribution is 5.88. The Labute approximate surface area is 119 Å². The molecule has 106 valence electrons. The number of ether oxygens (including phenoxy) is 1. The molecule has 1 aliphatic heterocycles. The zero-order valence-corrected chi connectivity index (χ0v) is 11.6. The van der Waals surface area contributed by atoms with Gasteiger partial charge in [-0.15, -0.1) is 0 Å². The summed E-state index contributed by atoms with van der Waals surface area (Å²) >= 11 is 0. The van der Waals surface area contributed by atoms with E-state index in [0.29, 0.717) is 32.1 Å². The van der Waals surface area contributed by atoms with Gasteiger partial charge in [0.1, 0.15) is 5.75 Å². The summed E-state index contributed by atoms with van der Waals surface area (Å²) in [5, 5.41) is 9.43. The lowest BCUT2D eigenvalue weighted by molar-refractivity contribution is -0.129. The molecule has 0 radical (unpaired) electrons. The van der Waals surface area contributed by atoms with Gasteiger partial charge in [0.2, 0.25) is 5.91 Å². The summed E-state index contributed by atoms with van der Waals surface area (Å²) < 4.78 is 5.20. The van der Waals surface area contributed by atoms with Gasteiger partial charge in [0.25, 0.3) is 0 Å². The fraction of sp³-hybridized carbons (Fsp3) is 0.312. The molecule has 1 aliphatic rings. The zero-order chi connectivity index (χ0) is 14.4. The van der Waals surface area contributed by atoms with Gasteiger partial charge in [-0.1, -0.05) is 24.3 Å². The highest BCUT2D eigenvalue weighted by atomic mass is 16.5. The third kappa shape index (κ3) is 3.96. The minimum absolute atomic E-state index is 0.0137. The van der Waals surface area contributed by atoms with Crippen molar-refractivity contribution >= 4 is 12.0 Å². The maximum absolute atomic E-state index is 11.8. The molecule has 1 N–H and O–H groups in total. The number of rotatable bonds is 3. The molecule has 4 nitrogen and oxygen atoms in total. The number of phenols is 1. The van der Waals surface area contributed by atoms with E-state index >= 15 is 0 Å². The number of nitrogens with zero attached hydrogens (tertiary/aromatic N) is 1. The number of carbonyl (C=O) groups is 1. The van der Waals surface area contributed by atoms with Crippen LogP contribution in [0.15, 0.2) is 36.4 Å². The molecule has 0 bridgehead atoms. The van der Waals surface area contributed by atoms with Crippen LogP contribution in [0.3, 0.4) is 0 Å². The number of hydrogen-bond acceptors (Lipinski definition) is 3. The molecule has 20 heavy (non-hydrogen) atoms. The lowest BCUT2D eigenvalue weighted by atomic mass is 10.1. The molecule has 2 rings (SSSR count). The summed E-state index contributed by atoms with van der Waals surface area (Å²) in [6, 6.07) is 5.39. The summed E-state index contributed by atoms with van der Waals surface area (Å²) in [6.45, 7) is 4.39. The highest BCUT2D eigenvalue weighted by Crippen LogP contribution is 2.17. The van der Waals surface area contributed by atoms with Crippen molar-refractivity contribution in [3.05, 3.63) is 47.6 Å². The van der Waals surface area contributed by atoms with Gasteiger partial charge in [-0.25, -0.2) is 0 Å². The van der Waals surface area contributed by atoms with Gasteiger partial charge >= 0.3 is 0 Å². The summed E-state index contributed by atoms with van der Waals surface area (Å²) in [7, 11) is 0. The number of phenolic OH excluding ortho intramolecular Hbond substituents is 1. The maximum atomic E-state index is 11.8. The van der Waals surface area contributed by atoms with Crippen LogP contribution in [0.4, 0.5) is 0 Å². The van der Waals surface area contributed by atoms with Gasteiger partial charge in [0, 0.05) is 19.2 Å². The van der Waals surface area contributed by atoms with Crippen molar-refractivity contribution in [2.24, 2.45) is 0 Å². The number of carbonyl (C=O) groups excluding carboxylic acids is 1. The Morgan fingerprint density at radius 2 is 2.05 bits per heavy atom. The van der Waals surface area contributed by atoms with Crippen LogP contribution >= 0.6 is 0 Å². The normalized spacial score (nSPS) is 16.1. The number of aryl methyl sites for hydroxylation is 1. The van der Waals surface area contributed by atoms with Gasteiger partial charge in [-0.2, -0.15) is 0 Å². The first-order valence-corrected chi connectivity index (χ1v) is 6.68. The molecular weight excluding hydrogens is 254 g/mol. The van der Waals surface area contributed by atoms with Crippen molar-refractivity contribution in [3.8, 4) is 5.75 Å². The molecule has 0 saturated carbocycles. The number of amides is 1. The number of hydrogen-bond donors (Lipinski definition) is 1. The Bertz CT molecular complexity index is 529. The van der Waals surface area contributed by atoms with Crippen LogP contribution in [0.1, 0.15) is 11.1 Å². The van der Waals surface area contributed by atoms with E-state index in [1.54, 1.807) is 23.1 Å². The second kappa shape index (κ2) is 6.91. The van der Waals surface area contributed by atoms with Crippen molar-refractivity contribution in [2.45, 2.75) is 6.92 Å². The van der Waals surface area contributed by atoms with Crippen LogP contribution in [0.2, 0.25) is 0 Å². The van der Waals surface area contributed by atoms with Crippen LogP contribution in [-0.2, 0) is 9.53 Å². The molecule has 1 heterocycles. The summed E-state index contributed by atoms with van der Waals surface area (Å²) in [5.74, 6) is 0.306. The lowest BCUT2D eigenvalue weighted by Gasteiger charge is -2.25. The van der Waals surface area contributed by atoms with Gasteiger partial charge < -0.3 is 14.7 Å². The van der Waals surface area contributed by atoms with E-state index in [2.05, 4.69) is 0 Å². The molecule has 1 aromatic carbocycles. The second-order valence-electron chi connectivity index (χ2n) is 4.70. The first-order valence-electron chi connectivity index (χ1n) is 6.68. The van der Waals surface area contributed by atoms with Gasteiger partial charge in [0.05, 0.1) is 13.2 Å². The predicted molar refractivity (Wildman–Crippen MR) is 78.4 cm³/mol. The minimum atomic E-state index is 0.0137. The molecular formula is C16H19NO3. The Kier molecular flexibility index (Phi) is 4.96. The Morgan fingerprint density at radius 1 is 1.30 bits per heavy atom. The number of morpholine rings is 1. The Balaban J connectivity index is 1.89. The van der Waals surface area contributed by atoms with Crippen molar-refractivity contribution in [3.63, 3.8) is 0 Å². The van der Waals surface area contributed by atoms with E-state index in [0.717, 1.165) is 11.1 Å². The number of allylic oxidation sites excluding steroid dienone is 2. The average Bonchev–Trinajstić information content (AvgIpc) is 2.48. The molecule has 0 aromatic heterocycles. The van der Waals surface area contributed by atoms with Crippen LogP contribution < -0.4 is 0 Å². The molecule has 0 aliphatic carbocycles. The highest BCUT2D eigenvalue weighted by Gasteiger charge is 2.13. The van der Waals surface area contributed by atoms with Crippen molar-refractivity contribution < 1.29 is 14.6 Å². The predicted octanol–water partition coefficient (Wildman–Crippen LogP) is 2.13. The number of aromatic hydroxyl groups is 1. The van der Waals surface area contributed by atoms with E-state index < -0.39 is 0 Å². The van der Waals surface area contributed by atoms with E-state index in [4.69, 9.17) is 4.74 Å². The van der Waals surface area contributed by atoms with Crippen LogP contribution in [0.5, 0.6) is 5.75 Å². The molecule has 0 spiro atoms. The number of benzene rings is 1. The fourth-order valence-electron chi connectivity index (χ4n) is 1.98. The Morgan fingerprint density at radius 3 is 2.75 bits per heavy atom. The van der Waals surface area contributed by atoms with Crippen LogP contribution in [0, 0.1) is 6.92 Å². The first-order chi connectivity index (χ1) is 9.66. The summed E-state index contributed by atoms with van der Waals surface area (Å²) in [4.78, 5) is 13.6. The molecule has 4 heteroatoms. The Hall–Kier alpha value is -2.07. The van der Waals surface area contributed by atoms with Crippen LogP contribution in [0.25, 0.3) is 6.08 Å². The maximum Gasteiger partial charge on any atom is 0.246 e. The van der Waals surface area contributed by atoms with Gasteiger partial charge in [-0.05, 0) is 30.2 Å². The monoisotopic (exact) mass is 273 g/mol. The van der Waals surface area contributed by atoms with Gasteiger partial charge in [-0.3, -0.25) is 4.79 Å². The molecule has 1 aromatic rings. The first kappa shape index (κ1) is 14.3. The second-order valence-corrected chi connectivity index (χ2v) is 4.70. The summed E-state index contributed by atoms with van der Waals surface area (Å²) in [6.07, 6.45) is 7.02. The van der Waals surface area contributed by atoms with E-state index in [9.17, 15) is 9.90 Å². The third-order valence-corrected chi connectivity index (χ3v) is 3.18. The molecule has 0 unspecified atom stereocenters. The van der Waals surface area contributed by atoms with Gasteiger partial charge in [0.15, 0.2) is 0 Å². The van der Waals surface area contributed by atoms with E-state index in [1.165, 1.54) is 0 Å². The quantitative estimate of drug-likeness (QED) is 0.678. The smallest absolute Gasteiger partial charge is 0.246 e. The molecule has 1 amide bonds. The van der Waals surface area contributed by atoms with Crippen molar-refractivity contribution in [1.82, 2.24) is 4.90 Å². The largest absolute Gasteiger partial charge is 0.508 e. The fourth-order valence-corrected chi connectivity index (χ4v) is 1.98. The minimum Gasteiger partial charge on any atom is -0.508 e. The topological polar surface area (TPSA) is 49.8 Å².